The second kappa shape index (κ2) is 3.38. The third kappa shape index (κ3) is 1.74. The molecule has 0 aliphatic carbocycles. The summed E-state index contributed by atoms with van der Waals surface area (Å²) in [6.45, 7) is 3.13. The maximum atomic E-state index is 11.1. The monoisotopic (exact) mass is 182 g/mol. The van der Waals surface area contributed by atoms with Crippen molar-refractivity contribution >= 4 is 5.97 Å². The van der Waals surface area contributed by atoms with Crippen LogP contribution in [-0.2, 0) is 4.74 Å². The third-order valence-corrected chi connectivity index (χ3v) is 1.64. The van der Waals surface area contributed by atoms with Crippen molar-refractivity contribution in [3.63, 3.8) is 0 Å². The molecule has 0 unspecified atom stereocenters. The first-order valence-corrected chi connectivity index (χ1v) is 3.72. The smallest absolute Gasteiger partial charge is 0.358 e. The van der Waals surface area contributed by atoms with Crippen LogP contribution in [0.2, 0.25) is 0 Å². The Kier molecular flexibility index (Phi) is 2.46. The number of ether oxygens (including phenoxy) is 1. The molecule has 0 aromatic carbocycles. The third-order valence-electron chi connectivity index (χ3n) is 1.64. The standard InChI is InChI=1S/C8H10N2O3/c1-4-6(8(12)13-3)9-5(2)7(11)10-4/h1-3H3,(H,10,11). The number of esters is 1. The van der Waals surface area contributed by atoms with Crippen LogP contribution in [0.1, 0.15) is 21.9 Å². The van der Waals surface area contributed by atoms with E-state index in [0.29, 0.717) is 5.69 Å². The summed E-state index contributed by atoms with van der Waals surface area (Å²) in [6.07, 6.45) is 0. The number of hydrogen-bond acceptors (Lipinski definition) is 4. The molecule has 1 heterocycles. The number of carbonyl (C=O) groups is 1. The van der Waals surface area contributed by atoms with Crippen molar-refractivity contribution in [1.82, 2.24) is 9.97 Å². The lowest BCUT2D eigenvalue weighted by molar-refractivity contribution is 0.0592. The minimum Gasteiger partial charge on any atom is -0.464 e. The van der Waals surface area contributed by atoms with Gasteiger partial charge < -0.3 is 9.72 Å². The number of aryl methyl sites for hydroxylation is 2. The number of carbonyl (C=O) groups excluding carboxylic acids is 1. The van der Waals surface area contributed by atoms with Gasteiger partial charge in [0.2, 0.25) is 0 Å². The van der Waals surface area contributed by atoms with Crippen LogP contribution in [0.4, 0.5) is 0 Å². The lowest BCUT2D eigenvalue weighted by Gasteiger charge is -2.02. The van der Waals surface area contributed by atoms with E-state index >= 15 is 0 Å². The number of aromatic amines is 1. The highest BCUT2D eigenvalue weighted by atomic mass is 16.5. The molecule has 0 saturated carbocycles. The summed E-state index contributed by atoms with van der Waals surface area (Å²) in [5.74, 6) is -0.545. The van der Waals surface area contributed by atoms with Crippen LogP contribution in [0.5, 0.6) is 0 Å². The summed E-state index contributed by atoms with van der Waals surface area (Å²) in [7, 11) is 1.27. The fourth-order valence-corrected chi connectivity index (χ4v) is 0.918. The lowest BCUT2D eigenvalue weighted by atomic mass is 10.3. The number of nitrogens with one attached hydrogen (secondary N) is 1. The summed E-state index contributed by atoms with van der Waals surface area (Å²) in [5.41, 5.74) is 0.540. The molecule has 0 atom stereocenters. The molecule has 1 aromatic heterocycles. The van der Waals surface area contributed by atoms with Gasteiger partial charge in [-0.3, -0.25) is 4.79 Å². The Morgan fingerprint density at radius 3 is 2.62 bits per heavy atom. The number of aromatic nitrogens is 2. The predicted molar refractivity (Wildman–Crippen MR) is 45.7 cm³/mol. The largest absolute Gasteiger partial charge is 0.464 e. The van der Waals surface area contributed by atoms with Crippen LogP contribution in [0.15, 0.2) is 4.79 Å². The van der Waals surface area contributed by atoms with Crippen molar-refractivity contribution in [3.05, 3.63) is 27.4 Å². The zero-order chi connectivity index (χ0) is 10.0. The van der Waals surface area contributed by atoms with E-state index in [-0.39, 0.29) is 16.9 Å². The predicted octanol–water partition coefficient (Wildman–Crippen LogP) is 0.173. The van der Waals surface area contributed by atoms with Crippen LogP contribution < -0.4 is 5.56 Å². The first-order chi connectivity index (χ1) is 6.06. The highest BCUT2D eigenvalue weighted by Crippen LogP contribution is 2.00. The Morgan fingerprint density at radius 2 is 2.08 bits per heavy atom. The first kappa shape index (κ1) is 9.44. The van der Waals surface area contributed by atoms with Crippen LogP contribution in [0.25, 0.3) is 0 Å². The first-order valence-electron chi connectivity index (χ1n) is 3.72. The second-order valence-corrected chi connectivity index (χ2v) is 2.62. The average molecular weight is 182 g/mol. The van der Waals surface area contributed by atoms with E-state index in [1.54, 1.807) is 6.92 Å². The Hall–Kier alpha value is -1.65. The van der Waals surface area contributed by atoms with Gasteiger partial charge in [0.05, 0.1) is 7.11 Å². The molecule has 0 bridgehead atoms. The summed E-state index contributed by atoms with van der Waals surface area (Å²) in [5, 5.41) is 0. The van der Waals surface area contributed by atoms with Gasteiger partial charge in [0.15, 0.2) is 5.69 Å². The number of methoxy groups -OCH3 is 1. The molecule has 1 N–H and O–H groups in total. The van der Waals surface area contributed by atoms with E-state index in [1.807, 2.05) is 0 Å². The maximum absolute atomic E-state index is 11.1. The Labute approximate surface area is 74.8 Å². The van der Waals surface area contributed by atoms with Gasteiger partial charge in [0.25, 0.3) is 5.56 Å². The molecule has 5 heteroatoms. The average Bonchev–Trinajstić information content (AvgIpc) is 2.10. The van der Waals surface area contributed by atoms with Crippen LogP contribution in [0.3, 0.4) is 0 Å². The number of rotatable bonds is 1. The summed E-state index contributed by atoms with van der Waals surface area (Å²) in [4.78, 5) is 28.5. The molecule has 13 heavy (non-hydrogen) atoms. The SMILES string of the molecule is COC(=O)c1nc(C)c(=O)[nH]c1C. The van der Waals surface area contributed by atoms with E-state index in [9.17, 15) is 9.59 Å². The normalized spacial score (nSPS) is 9.77. The highest BCUT2D eigenvalue weighted by molar-refractivity contribution is 5.88. The van der Waals surface area contributed by atoms with Crippen molar-refractivity contribution in [2.24, 2.45) is 0 Å². The number of H-pyrrole nitrogens is 1. The van der Waals surface area contributed by atoms with E-state index in [2.05, 4.69) is 14.7 Å². The van der Waals surface area contributed by atoms with Crippen LogP contribution in [-0.4, -0.2) is 23.0 Å². The molecule has 0 aliphatic rings. The minimum atomic E-state index is -0.545. The number of nitrogens with zero attached hydrogens (tertiary/aromatic N) is 1. The van der Waals surface area contributed by atoms with E-state index < -0.39 is 5.97 Å². The Balaban J connectivity index is 3.31. The maximum Gasteiger partial charge on any atom is 0.358 e. The molecule has 70 valence electrons. The summed E-state index contributed by atoms with van der Waals surface area (Å²) >= 11 is 0. The van der Waals surface area contributed by atoms with Crippen LogP contribution in [0, 0.1) is 13.8 Å². The van der Waals surface area contributed by atoms with Gasteiger partial charge in [0.1, 0.15) is 5.69 Å². The molecule has 1 rings (SSSR count). The van der Waals surface area contributed by atoms with Crippen LogP contribution >= 0.6 is 0 Å². The molecule has 0 amide bonds. The van der Waals surface area contributed by atoms with Crippen molar-refractivity contribution in [2.75, 3.05) is 7.11 Å². The molecule has 0 spiro atoms. The zero-order valence-corrected chi connectivity index (χ0v) is 7.67. The molecule has 1 aromatic rings. The van der Waals surface area contributed by atoms with Gasteiger partial charge in [0, 0.05) is 5.69 Å². The molecule has 0 saturated heterocycles. The van der Waals surface area contributed by atoms with Gasteiger partial charge >= 0.3 is 5.97 Å². The fourth-order valence-electron chi connectivity index (χ4n) is 0.918. The van der Waals surface area contributed by atoms with Gasteiger partial charge in [-0.15, -0.1) is 0 Å². The summed E-state index contributed by atoms with van der Waals surface area (Å²) < 4.78 is 4.49. The molecule has 0 radical (unpaired) electrons. The van der Waals surface area contributed by atoms with Crippen molar-refractivity contribution in [2.45, 2.75) is 13.8 Å². The lowest BCUT2D eigenvalue weighted by Crippen LogP contribution is -2.19. The molecule has 0 fully saturated rings. The fraction of sp³-hybridized carbons (Fsp3) is 0.375. The number of hydrogen-bond donors (Lipinski definition) is 1. The zero-order valence-electron chi connectivity index (χ0n) is 7.67. The van der Waals surface area contributed by atoms with Crippen molar-refractivity contribution < 1.29 is 9.53 Å². The van der Waals surface area contributed by atoms with Gasteiger partial charge in [-0.05, 0) is 13.8 Å². The minimum absolute atomic E-state index is 0.152. The summed E-state index contributed by atoms with van der Waals surface area (Å²) in [6, 6.07) is 0. The molecular formula is C8H10N2O3. The van der Waals surface area contributed by atoms with E-state index in [4.69, 9.17) is 0 Å². The Morgan fingerprint density at radius 1 is 1.46 bits per heavy atom. The molecule has 0 aliphatic heterocycles. The highest BCUT2D eigenvalue weighted by Gasteiger charge is 2.12. The van der Waals surface area contributed by atoms with E-state index in [1.165, 1.54) is 14.0 Å². The topological polar surface area (TPSA) is 72.0 Å². The van der Waals surface area contributed by atoms with Crippen molar-refractivity contribution in [1.29, 1.82) is 0 Å². The van der Waals surface area contributed by atoms with Gasteiger partial charge in [-0.1, -0.05) is 0 Å². The quantitative estimate of drug-likeness (QED) is 0.628. The van der Waals surface area contributed by atoms with Crippen molar-refractivity contribution in [3.8, 4) is 0 Å². The Bertz CT molecular complexity index is 395. The van der Waals surface area contributed by atoms with E-state index in [0.717, 1.165) is 0 Å². The molecule has 5 nitrogen and oxygen atoms in total. The second-order valence-electron chi connectivity index (χ2n) is 2.62. The molecular weight excluding hydrogens is 172 g/mol. The van der Waals surface area contributed by atoms with Gasteiger partial charge in [-0.2, -0.15) is 0 Å². The van der Waals surface area contributed by atoms with Gasteiger partial charge in [-0.25, -0.2) is 9.78 Å².